The number of aromatic nitrogens is 4. The van der Waals surface area contributed by atoms with Crippen LogP contribution in [-0.2, 0) is 13.2 Å². The zero-order valence-corrected chi connectivity index (χ0v) is 15.4. The van der Waals surface area contributed by atoms with Gasteiger partial charge in [0.1, 0.15) is 16.7 Å². The lowest BCUT2D eigenvalue weighted by molar-refractivity contribution is -0.137. The Hall–Kier alpha value is -3.07. The number of alkyl halides is 3. The van der Waals surface area contributed by atoms with Crippen LogP contribution in [0.3, 0.4) is 0 Å². The number of benzene rings is 1. The Kier molecular flexibility index (Phi) is 4.07. The normalized spacial score (nSPS) is 12.1. The van der Waals surface area contributed by atoms with Crippen molar-refractivity contribution in [2.45, 2.75) is 13.1 Å². The molecule has 10 heteroatoms. The monoisotopic (exact) mass is 407 g/mol. The highest BCUT2D eigenvalue weighted by Crippen LogP contribution is 2.32. The number of nitrogens with zero attached hydrogens (tertiary/aromatic N) is 4. The fourth-order valence-electron chi connectivity index (χ4n) is 3.04. The van der Waals surface area contributed by atoms with Gasteiger partial charge in [0, 0.05) is 30.1 Å². The number of nitrogens with one attached hydrogen (secondary N) is 1. The summed E-state index contributed by atoms with van der Waals surface area (Å²) in [6, 6.07) is 7.90. The summed E-state index contributed by atoms with van der Waals surface area (Å²) in [5.74, 6) is -0.306. The molecule has 0 aliphatic rings. The van der Waals surface area contributed by atoms with E-state index in [1.165, 1.54) is 27.3 Å². The zero-order chi connectivity index (χ0) is 20.2. The third kappa shape index (κ3) is 3.07. The molecule has 0 saturated carbocycles. The molecule has 1 N–H and O–H groups in total. The smallest absolute Gasteiger partial charge is 0.340 e. The molecule has 0 fully saturated rings. The van der Waals surface area contributed by atoms with Gasteiger partial charge in [-0.15, -0.1) is 0 Å². The van der Waals surface area contributed by atoms with Crippen molar-refractivity contribution in [3.05, 3.63) is 58.5 Å². The molecule has 4 aromatic rings. The van der Waals surface area contributed by atoms with Crippen molar-refractivity contribution in [2.75, 3.05) is 5.32 Å². The molecule has 1 amide bonds. The molecule has 0 radical (unpaired) electrons. The van der Waals surface area contributed by atoms with Crippen molar-refractivity contribution >= 4 is 39.9 Å². The molecule has 6 nitrogen and oxygen atoms in total. The minimum Gasteiger partial charge on any atom is -0.340 e. The molecule has 3 heterocycles. The van der Waals surface area contributed by atoms with Crippen LogP contribution < -0.4 is 5.32 Å². The Morgan fingerprint density at radius 2 is 1.93 bits per heavy atom. The lowest BCUT2D eigenvalue weighted by Gasteiger charge is -2.08. The van der Waals surface area contributed by atoms with E-state index in [4.69, 9.17) is 11.6 Å². The summed E-state index contributed by atoms with van der Waals surface area (Å²) in [6.45, 7) is 1.79. The third-order valence-electron chi connectivity index (χ3n) is 4.35. The van der Waals surface area contributed by atoms with Crippen LogP contribution in [0.15, 0.2) is 36.4 Å². The van der Waals surface area contributed by atoms with Gasteiger partial charge in [-0.25, -0.2) is 9.50 Å². The van der Waals surface area contributed by atoms with Crippen LogP contribution in [0, 0.1) is 6.92 Å². The second-order valence-electron chi connectivity index (χ2n) is 6.33. The summed E-state index contributed by atoms with van der Waals surface area (Å²) in [5.41, 5.74) is 1.11. The average Bonchev–Trinajstić information content (AvgIpc) is 3.14. The molecule has 0 spiro atoms. The highest BCUT2D eigenvalue weighted by Gasteiger charge is 2.31. The molecule has 0 saturated heterocycles. The molecule has 0 atom stereocenters. The van der Waals surface area contributed by atoms with Gasteiger partial charge in [-0.3, -0.25) is 4.79 Å². The van der Waals surface area contributed by atoms with Crippen molar-refractivity contribution in [2.24, 2.45) is 7.05 Å². The average molecular weight is 408 g/mol. The van der Waals surface area contributed by atoms with Crippen LogP contribution >= 0.6 is 11.6 Å². The number of fused-ring (bicyclic) bond motifs is 2. The van der Waals surface area contributed by atoms with E-state index >= 15 is 0 Å². The van der Waals surface area contributed by atoms with Crippen LogP contribution in [0.4, 0.5) is 19.0 Å². The maximum absolute atomic E-state index is 12.9. The van der Waals surface area contributed by atoms with Gasteiger partial charge >= 0.3 is 6.18 Å². The predicted molar refractivity (Wildman–Crippen MR) is 98.6 cm³/mol. The molecule has 0 unspecified atom stereocenters. The Labute approximate surface area is 161 Å². The Morgan fingerprint density at radius 3 is 2.64 bits per heavy atom. The Balaban J connectivity index is 1.70. The van der Waals surface area contributed by atoms with E-state index in [-0.39, 0.29) is 16.7 Å². The summed E-state index contributed by atoms with van der Waals surface area (Å²) in [5, 5.41) is 7.38. The van der Waals surface area contributed by atoms with Crippen molar-refractivity contribution in [1.82, 2.24) is 19.2 Å². The fourth-order valence-corrected chi connectivity index (χ4v) is 3.27. The van der Waals surface area contributed by atoms with Crippen molar-refractivity contribution in [3.63, 3.8) is 0 Å². The van der Waals surface area contributed by atoms with Crippen LogP contribution in [0.25, 0.3) is 16.6 Å². The van der Waals surface area contributed by atoms with E-state index in [1.807, 2.05) is 0 Å². The van der Waals surface area contributed by atoms with Crippen molar-refractivity contribution < 1.29 is 18.0 Å². The first-order chi connectivity index (χ1) is 13.1. The Bertz CT molecular complexity index is 1240. The van der Waals surface area contributed by atoms with Gasteiger partial charge in [0.05, 0.1) is 11.3 Å². The molecule has 1 aromatic carbocycles. The van der Waals surface area contributed by atoms with Gasteiger partial charge in [-0.05, 0) is 31.2 Å². The summed E-state index contributed by atoms with van der Waals surface area (Å²) >= 11 is 6.16. The number of aryl methyl sites for hydroxylation is 2. The first-order valence-electron chi connectivity index (χ1n) is 8.14. The summed E-state index contributed by atoms with van der Waals surface area (Å²) < 4.78 is 41.7. The first kappa shape index (κ1) is 18.3. The van der Waals surface area contributed by atoms with E-state index in [9.17, 15) is 18.0 Å². The maximum Gasteiger partial charge on any atom is 0.416 e. The minimum absolute atomic E-state index is 0.191. The van der Waals surface area contributed by atoms with E-state index < -0.39 is 17.6 Å². The van der Waals surface area contributed by atoms with Gasteiger partial charge < -0.3 is 9.88 Å². The number of hydrogen-bond acceptors (Lipinski definition) is 3. The molecule has 144 valence electrons. The number of carbonyl (C=O) groups is 1. The predicted octanol–water partition coefficient (Wildman–Crippen LogP) is 4.45. The lowest BCUT2D eigenvalue weighted by Crippen LogP contribution is -2.16. The molecule has 0 aliphatic carbocycles. The lowest BCUT2D eigenvalue weighted by atomic mass is 10.1. The number of carbonyl (C=O) groups excluding carboxylic acids is 1. The van der Waals surface area contributed by atoms with E-state index in [2.05, 4.69) is 15.4 Å². The molecule has 0 aliphatic heterocycles. The van der Waals surface area contributed by atoms with Gasteiger partial charge in [0.2, 0.25) is 0 Å². The van der Waals surface area contributed by atoms with Gasteiger partial charge in [-0.1, -0.05) is 11.6 Å². The highest BCUT2D eigenvalue weighted by molar-refractivity contribution is 6.30. The highest BCUT2D eigenvalue weighted by atomic mass is 35.5. The number of halogens is 4. The molecule has 28 heavy (non-hydrogen) atoms. The number of anilines is 1. The molecular weight excluding hydrogens is 395 g/mol. The summed E-state index contributed by atoms with van der Waals surface area (Å²) in [6.07, 6.45) is -4.45. The van der Waals surface area contributed by atoms with Crippen LogP contribution in [-0.4, -0.2) is 25.1 Å². The minimum atomic E-state index is -4.45. The topological polar surface area (TPSA) is 64.2 Å². The van der Waals surface area contributed by atoms with Gasteiger partial charge in [-0.2, -0.15) is 18.3 Å². The SMILES string of the molecule is Cc1cc2nc(NC(=O)c3cc4cc(C(F)(F)F)ccc4n3C)cc(Cl)n2n1. The van der Waals surface area contributed by atoms with E-state index in [1.54, 1.807) is 20.0 Å². The number of rotatable bonds is 2. The van der Waals surface area contributed by atoms with Gasteiger partial charge in [0.15, 0.2) is 5.65 Å². The Morgan fingerprint density at radius 1 is 1.18 bits per heavy atom. The maximum atomic E-state index is 12.9. The summed E-state index contributed by atoms with van der Waals surface area (Å²) in [7, 11) is 1.61. The largest absolute Gasteiger partial charge is 0.416 e. The van der Waals surface area contributed by atoms with E-state index in [0.29, 0.717) is 22.2 Å². The van der Waals surface area contributed by atoms with E-state index in [0.717, 1.165) is 12.1 Å². The molecule has 4 rings (SSSR count). The number of hydrogen-bond donors (Lipinski definition) is 1. The summed E-state index contributed by atoms with van der Waals surface area (Å²) in [4.78, 5) is 17.0. The van der Waals surface area contributed by atoms with Crippen LogP contribution in [0.2, 0.25) is 5.15 Å². The second kappa shape index (κ2) is 6.23. The fraction of sp³-hybridized carbons (Fsp3) is 0.167. The second-order valence-corrected chi connectivity index (χ2v) is 6.72. The van der Waals surface area contributed by atoms with Crippen LogP contribution in [0.5, 0.6) is 0 Å². The number of amides is 1. The first-order valence-corrected chi connectivity index (χ1v) is 8.52. The molecule has 3 aromatic heterocycles. The van der Waals surface area contributed by atoms with Crippen LogP contribution in [0.1, 0.15) is 21.7 Å². The molecule has 0 bridgehead atoms. The van der Waals surface area contributed by atoms with Crippen molar-refractivity contribution in [3.8, 4) is 0 Å². The molecular formula is C18H13ClF3N5O. The quantitative estimate of drug-likeness (QED) is 0.499. The third-order valence-corrected chi connectivity index (χ3v) is 4.62. The van der Waals surface area contributed by atoms with Crippen molar-refractivity contribution in [1.29, 1.82) is 0 Å². The van der Waals surface area contributed by atoms with Gasteiger partial charge in [0.25, 0.3) is 5.91 Å². The zero-order valence-electron chi connectivity index (χ0n) is 14.7. The standard InChI is InChI=1S/C18H13ClF3N5O/c1-9-5-16-23-15(8-14(19)27(16)25-9)24-17(28)13-7-10-6-11(18(20,21)22)3-4-12(10)26(13)2/h3-8H,1-2H3,(H,23,24,28).